The van der Waals surface area contributed by atoms with Crippen LogP contribution < -0.4 is 15.6 Å². The van der Waals surface area contributed by atoms with Crippen molar-refractivity contribution >= 4 is 32.6 Å². The molecule has 3 aromatic rings. The maximum Gasteiger partial charge on any atom is 0.276 e. The minimum atomic E-state index is -0.261. The number of hydrogen-bond donors (Lipinski definition) is 2. The van der Waals surface area contributed by atoms with Crippen LogP contribution in [0.3, 0.4) is 0 Å². The third-order valence-electron chi connectivity index (χ3n) is 3.17. The first-order valence-electron chi connectivity index (χ1n) is 7.22. The third kappa shape index (κ3) is 3.98. The van der Waals surface area contributed by atoms with Gasteiger partial charge in [0.1, 0.15) is 5.75 Å². The summed E-state index contributed by atoms with van der Waals surface area (Å²) < 4.78 is 6.57. The molecule has 2 aromatic carbocycles. The van der Waals surface area contributed by atoms with E-state index in [1.54, 1.807) is 0 Å². The molecule has 0 saturated carbocycles. The van der Waals surface area contributed by atoms with E-state index >= 15 is 0 Å². The maximum atomic E-state index is 11.9. The molecule has 0 aliphatic rings. The Morgan fingerprint density at radius 3 is 2.65 bits per heavy atom. The van der Waals surface area contributed by atoms with Crippen molar-refractivity contribution in [1.29, 1.82) is 0 Å². The molecule has 2 N–H and O–H groups in total. The molecule has 5 nitrogen and oxygen atoms in total. The number of amides is 1. The van der Waals surface area contributed by atoms with Crippen LogP contribution in [0.2, 0.25) is 0 Å². The Kier molecular flexibility index (Phi) is 4.43. The molecule has 0 fully saturated rings. The van der Waals surface area contributed by atoms with Gasteiger partial charge in [0.25, 0.3) is 5.91 Å². The van der Waals surface area contributed by atoms with Crippen molar-refractivity contribution in [2.75, 3.05) is 12.0 Å². The van der Waals surface area contributed by atoms with Gasteiger partial charge in [-0.05, 0) is 49.2 Å². The molecule has 0 unspecified atom stereocenters. The quantitative estimate of drug-likeness (QED) is 0.705. The number of carbonyl (C=O) groups excluding carboxylic acids is 1. The number of rotatable bonds is 5. The topological polar surface area (TPSA) is 63.2 Å². The molecule has 1 heterocycles. The van der Waals surface area contributed by atoms with E-state index in [0.29, 0.717) is 10.9 Å². The number of fused-ring (bicyclic) bond motifs is 1. The number of carbonyl (C=O) groups is 1. The molecular formula is C17H17N3O2S. The average molecular weight is 327 g/mol. The molecule has 3 rings (SSSR count). The number of hydrogen-bond acceptors (Lipinski definition) is 5. The fourth-order valence-electron chi connectivity index (χ4n) is 2.25. The highest BCUT2D eigenvalue weighted by atomic mass is 32.1. The monoisotopic (exact) mass is 327 g/mol. The minimum Gasteiger partial charge on any atom is -0.484 e. The standard InChI is InChI=1S/C17H17N3O2S/c1-11-7-12(2)9-13(8-11)22-10-16(21)19-20-17-18-14-5-3-4-6-15(14)23-17/h3-9H,10H2,1-2H3,(H,18,20)(H,19,21). The van der Waals surface area contributed by atoms with Crippen LogP contribution in [0, 0.1) is 13.8 Å². The van der Waals surface area contributed by atoms with E-state index < -0.39 is 0 Å². The minimum absolute atomic E-state index is 0.0548. The van der Waals surface area contributed by atoms with Crippen molar-refractivity contribution in [3.05, 3.63) is 53.6 Å². The van der Waals surface area contributed by atoms with Crippen molar-refractivity contribution in [2.45, 2.75) is 13.8 Å². The Morgan fingerprint density at radius 1 is 1.17 bits per heavy atom. The van der Waals surface area contributed by atoms with E-state index in [4.69, 9.17) is 4.74 Å². The van der Waals surface area contributed by atoms with Crippen molar-refractivity contribution < 1.29 is 9.53 Å². The number of aromatic nitrogens is 1. The van der Waals surface area contributed by atoms with Crippen LogP contribution in [0.25, 0.3) is 10.2 Å². The molecule has 0 radical (unpaired) electrons. The van der Waals surface area contributed by atoms with E-state index in [9.17, 15) is 4.79 Å². The SMILES string of the molecule is Cc1cc(C)cc(OCC(=O)NNc2nc3ccccc3s2)c1. The predicted molar refractivity (Wildman–Crippen MR) is 92.8 cm³/mol. The van der Waals surface area contributed by atoms with Crippen LogP contribution in [0.4, 0.5) is 5.13 Å². The highest BCUT2D eigenvalue weighted by Gasteiger charge is 2.06. The number of nitrogens with zero attached hydrogens (tertiary/aromatic N) is 1. The summed E-state index contributed by atoms with van der Waals surface area (Å²) in [4.78, 5) is 16.2. The van der Waals surface area contributed by atoms with Gasteiger partial charge in [0, 0.05) is 0 Å². The zero-order valence-electron chi connectivity index (χ0n) is 12.9. The second-order valence-corrected chi connectivity index (χ2v) is 6.30. The van der Waals surface area contributed by atoms with Gasteiger partial charge in [-0.1, -0.05) is 29.5 Å². The van der Waals surface area contributed by atoms with Crippen molar-refractivity contribution in [3.8, 4) is 5.75 Å². The molecule has 118 valence electrons. The second-order valence-electron chi connectivity index (χ2n) is 5.27. The fraction of sp³-hybridized carbons (Fsp3) is 0.176. The van der Waals surface area contributed by atoms with Gasteiger partial charge in [0.05, 0.1) is 10.2 Å². The van der Waals surface area contributed by atoms with Gasteiger partial charge >= 0.3 is 0 Å². The number of benzene rings is 2. The van der Waals surface area contributed by atoms with Gasteiger partial charge in [-0.25, -0.2) is 4.98 Å². The first-order valence-corrected chi connectivity index (χ1v) is 8.03. The Morgan fingerprint density at radius 2 is 1.91 bits per heavy atom. The average Bonchev–Trinajstić information content (AvgIpc) is 2.93. The summed E-state index contributed by atoms with van der Waals surface area (Å²) in [6, 6.07) is 13.7. The normalized spacial score (nSPS) is 10.5. The zero-order valence-corrected chi connectivity index (χ0v) is 13.7. The van der Waals surface area contributed by atoms with Crippen LogP contribution >= 0.6 is 11.3 Å². The van der Waals surface area contributed by atoms with Gasteiger partial charge in [-0.2, -0.15) is 0 Å². The summed E-state index contributed by atoms with van der Waals surface area (Å²) in [6.45, 7) is 3.93. The number of para-hydroxylation sites is 1. The van der Waals surface area contributed by atoms with E-state index in [1.807, 2.05) is 50.2 Å². The molecular weight excluding hydrogens is 310 g/mol. The predicted octanol–water partition coefficient (Wildman–Crippen LogP) is 3.44. The van der Waals surface area contributed by atoms with Gasteiger partial charge in [-0.3, -0.25) is 15.6 Å². The third-order valence-corrected chi connectivity index (χ3v) is 4.12. The lowest BCUT2D eigenvalue weighted by molar-refractivity contribution is -0.122. The maximum absolute atomic E-state index is 11.9. The van der Waals surface area contributed by atoms with Crippen molar-refractivity contribution in [3.63, 3.8) is 0 Å². The molecule has 0 spiro atoms. The molecule has 6 heteroatoms. The number of hydrazine groups is 1. The summed E-state index contributed by atoms with van der Waals surface area (Å²) in [5.74, 6) is 0.432. The van der Waals surface area contributed by atoms with E-state index in [1.165, 1.54) is 11.3 Å². The van der Waals surface area contributed by atoms with E-state index in [0.717, 1.165) is 21.3 Å². The summed E-state index contributed by atoms with van der Waals surface area (Å²) in [7, 11) is 0. The molecule has 0 aliphatic carbocycles. The zero-order chi connectivity index (χ0) is 16.2. The van der Waals surface area contributed by atoms with E-state index in [-0.39, 0.29) is 12.5 Å². The molecule has 0 aliphatic heterocycles. The van der Waals surface area contributed by atoms with Crippen LogP contribution in [0.15, 0.2) is 42.5 Å². The number of ether oxygens (including phenoxy) is 1. The van der Waals surface area contributed by atoms with Crippen molar-refractivity contribution in [1.82, 2.24) is 10.4 Å². The smallest absolute Gasteiger partial charge is 0.276 e. The molecule has 0 bridgehead atoms. The van der Waals surface area contributed by atoms with Crippen LogP contribution in [-0.4, -0.2) is 17.5 Å². The van der Waals surface area contributed by atoms with Gasteiger partial charge in [0.15, 0.2) is 6.61 Å². The molecule has 1 amide bonds. The molecule has 23 heavy (non-hydrogen) atoms. The van der Waals surface area contributed by atoms with Gasteiger partial charge in [0.2, 0.25) is 5.13 Å². The lowest BCUT2D eigenvalue weighted by Crippen LogP contribution is -2.33. The summed E-state index contributed by atoms with van der Waals surface area (Å²) in [5, 5.41) is 0.644. The molecule has 1 aromatic heterocycles. The summed E-state index contributed by atoms with van der Waals surface area (Å²) >= 11 is 1.48. The number of nitrogens with one attached hydrogen (secondary N) is 2. The number of thiazole rings is 1. The second kappa shape index (κ2) is 6.66. The van der Waals surface area contributed by atoms with Crippen LogP contribution in [-0.2, 0) is 4.79 Å². The lowest BCUT2D eigenvalue weighted by atomic mass is 10.1. The Balaban J connectivity index is 1.53. The van der Waals surface area contributed by atoms with Gasteiger partial charge < -0.3 is 4.74 Å². The largest absolute Gasteiger partial charge is 0.484 e. The number of aryl methyl sites for hydroxylation is 2. The first-order chi connectivity index (χ1) is 11.1. The Bertz CT molecular complexity index is 791. The number of anilines is 1. The summed E-state index contributed by atoms with van der Waals surface area (Å²) in [5.41, 5.74) is 8.53. The van der Waals surface area contributed by atoms with E-state index in [2.05, 4.69) is 21.9 Å². The molecule has 0 atom stereocenters. The van der Waals surface area contributed by atoms with Gasteiger partial charge in [-0.15, -0.1) is 0 Å². The van der Waals surface area contributed by atoms with Crippen LogP contribution in [0.1, 0.15) is 11.1 Å². The lowest BCUT2D eigenvalue weighted by Gasteiger charge is -2.09. The molecule has 0 saturated heterocycles. The Hall–Kier alpha value is -2.60. The first kappa shape index (κ1) is 15.3. The summed E-state index contributed by atoms with van der Waals surface area (Å²) in [6.07, 6.45) is 0. The van der Waals surface area contributed by atoms with Crippen LogP contribution in [0.5, 0.6) is 5.75 Å². The Labute approximate surface area is 138 Å². The fourth-order valence-corrected chi connectivity index (χ4v) is 3.07. The highest BCUT2D eigenvalue weighted by Crippen LogP contribution is 2.24. The van der Waals surface area contributed by atoms with Crippen molar-refractivity contribution in [2.24, 2.45) is 0 Å². The highest BCUT2D eigenvalue weighted by molar-refractivity contribution is 7.22.